The molecule has 1 heterocycles. The Morgan fingerprint density at radius 1 is 1.62 bits per heavy atom. The van der Waals surface area contributed by atoms with Crippen LogP contribution in [0, 0.1) is 0 Å². The summed E-state index contributed by atoms with van der Waals surface area (Å²) >= 11 is 5.82. The highest BCUT2D eigenvalue weighted by Gasteiger charge is 2.03. The Bertz CT molecular complexity index is 376. The van der Waals surface area contributed by atoms with Gasteiger partial charge in [-0.1, -0.05) is 6.92 Å². The van der Waals surface area contributed by atoms with Crippen molar-refractivity contribution in [1.82, 2.24) is 9.55 Å². The first-order chi connectivity index (χ1) is 7.65. The summed E-state index contributed by atoms with van der Waals surface area (Å²) in [5.74, 6) is 0.410. The summed E-state index contributed by atoms with van der Waals surface area (Å²) in [6.07, 6.45) is 5.10. The SMILES string of the molecule is CCCn1ccnc(NCCC(C)Cl)c1=O. The number of hydrogen-bond acceptors (Lipinski definition) is 3. The molecule has 0 spiro atoms. The van der Waals surface area contributed by atoms with Crippen LogP contribution in [0.1, 0.15) is 26.7 Å². The molecule has 1 N–H and O–H groups in total. The van der Waals surface area contributed by atoms with E-state index in [4.69, 9.17) is 11.6 Å². The Kier molecular flexibility index (Phi) is 5.32. The maximum atomic E-state index is 11.8. The number of halogens is 1. The van der Waals surface area contributed by atoms with E-state index in [1.165, 1.54) is 0 Å². The third-order valence-corrected chi connectivity index (χ3v) is 2.43. The van der Waals surface area contributed by atoms with Crippen LogP contribution in [0.4, 0.5) is 5.82 Å². The summed E-state index contributed by atoms with van der Waals surface area (Å²) in [6.45, 7) is 5.36. The molecule has 1 rings (SSSR count). The lowest BCUT2D eigenvalue weighted by Crippen LogP contribution is -2.25. The first-order valence-corrected chi connectivity index (χ1v) is 6.02. The minimum atomic E-state index is -0.0634. The molecule has 1 atom stereocenters. The van der Waals surface area contributed by atoms with Gasteiger partial charge in [-0.15, -0.1) is 11.6 Å². The molecular weight excluding hydrogens is 226 g/mol. The summed E-state index contributed by atoms with van der Waals surface area (Å²) in [4.78, 5) is 15.9. The average molecular weight is 244 g/mol. The van der Waals surface area contributed by atoms with Crippen LogP contribution in [-0.2, 0) is 6.54 Å². The topological polar surface area (TPSA) is 46.9 Å². The van der Waals surface area contributed by atoms with E-state index in [0.29, 0.717) is 12.4 Å². The van der Waals surface area contributed by atoms with Crippen LogP contribution in [0.15, 0.2) is 17.2 Å². The van der Waals surface area contributed by atoms with Gasteiger partial charge in [-0.05, 0) is 19.8 Å². The molecule has 0 aliphatic rings. The second kappa shape index (κ2) is 6.53. The first-order valence-electron chi connectivity index (χ1n) is 5.58. The summed E-state index contributed by atoms with van der Waals surface area (Å²) in [7, 11) is 0. The van der Waals surface area contributed by atoms with Gasteiger partial charge in [-0.3, -0.25) is 4.79 Å². The van der Waals surface area contributed by atoms with Crippen molar-refractivity contribution in [2.45, 2.75) is 38.6 Å². The minimum Gasteiger partial charge on any atom is -0.365 e. The maximum absolute atomic E-state index is 11.8. The van der Waals surface area contributed by atoms with Crippen molar-refractivity contribution in [2.75, 3.05) is 11.9 Å². The lowest BCUT2D eigenvalue weighted by molar-refractivity contribution is 0.649. The fraction of sp³-hybridized carbons (Fsp3) is 0.636. The van der Waals surface area contributed by atoms with Gasteiger partial charge in [0.2, 0.25) is 0 Å². The van der Waals surface area contributed by atoms with Crippen molar-refractivity contribution in [3.63, 3.8) is 0 Å². The Hall–Kier alpha value is -1.03. The fourth-order valence-electron chi connectivity index (χ4n) is 1.37. The van der Waals surface area contributed by atoms with Gasteiger partial charge in [0.1, 0.15) is 0 Å². The van der Waals surface area contributed by atoms with E-state index < -0.39 is 0 Å². The van der Waals surface area contributed by atoms with Crippen LogP contribution >= 0.6 is 11.6 Å². The van der Waals surface area contributed by atoms with Crippen LogP contribution in [0.2, 0.25) is 0 Å². The zero-order valence-electron chi connectivity index (χ0n) is 9.74. The molecule has 90 valence electrons. The molecule has 0 bridgehead atoms. The number of aryl methyl sites for hydroxylation is 1. The van der Waals surface area contributed by atoms with Crippen LogP contribution < -0.4 is 10.9 Å². The molecule has 5 heteroatoms. The molecule has 1 unspecified atom stereocenters. The lowest BCUT2D eigenvalue weighted by atomic mass is 10.3. The van der Waals surface area contributed by atoms with E-state index in [0.717, 1.165) is 19.4 Å². The van der Waals surface area contributed by atoms with Gasteiger partial charge in [0, 0.05) is 30.9 Å². The number of nitrogens with one attached hydrogen (secondary N) is 1. The summed E-state index contributed by atoms with van der Waals surface area (Å²) in [5.41, 5.74) is -0.0634. The second-order valence-corrected chi connectivity index (χ2v) is 4.52. The van der Waals surface area contributed by atoms with Gasteiger partial charge < -0.3 is 9.88 Å². The number of rotatable bonds is 6. The van der Waals surface area contributed by atoms with Gasteiger partial charge in [0.25, 0.3) is 5.56 Å². The fourth-order valence-corrected chi connectivity index (χ4v) is 1.48. The van der Waals surface area contributed by atoms with Gasteiger partial charge in [-0.25, -0.2) is 4.98 Å². The third kappa shape index (κ3) is 3.85. The molecule has 4 nitrogen and oxygen atoms in total. The molecule has 0 saturated carbocycles. The molecule has 0 radical (unpaired) electrons. The number of alkyl halides is 1. The predicted octanol–water partition coefficient (Wildman–Crippen LogP) is 2.08. The van der Waals surface area contributed by atoms with Crippen molar-refractivity contribution in [3.05, 3.63) is 22.7 Å². The van der Waals surface area contributed by atoms with Crippen molar-refractivity contribution < 1.29 is 0 Å². The van der Waals surface area contributed by atoms with Crippen molar-refractivity contribution in [2.24, 2.45) is 0 Å². The highest BCUT2D eigenvalue weighted by molar-refractivity contribution is 6.20. The van der Waals surface area contributed by atoms with Crippen LogP contribution in [-0.4, -0.2) is 21.5 Å². The standard InChI is InChI=1S/C11H18ClN3O/c1-3-7-15-8-6-14-10(11(15)16)13-5-4-9(2)12/h6,8-9H,3-5,7H2,1-2H3,(H,13,14). The third-order valence-electron chi connectivity index (χ3n) is 2.21. The Morgan fingerprint density at radius 3 is 3.00 bits per heavy atom. The summed E-state index contributed by atoms with van der Waals surface area (Å²) in [6, 6.07) is 0. The van der Waals surface area contributed by atoms with Crippen molar-refractivity contribution in [1.29, 1.82) is 0 Å². The van der Waals surface area contributed by atoms with Crippen LogP contribution in [0.25, 0.3) is 0 Å². The highest BCUT2D eigenvalue weighted by atomic mass is 35.5. The molecule has 16 heavy (non-hydrogen) atoms. The van der Waals surface area contributed by atoms with Gasteiger partial charge in [0.15, 0.2) is 5.82 Å². The van der Waals surface area contributed by atoms with E-state index in [1.54, 1.807) is 17.0 Å². The zero-order valence-corrected chi connectivity index (χ0v) is 10.5. The minimum absolute atomic E-state index is 0.0634. The molecule has 0 fully saturated rings. The van der Waals surface area contributed by atoms with Gasteiger partial charge in [-0.2, -0.15) is 0 Å². The number of hydrogen-bond donors (Lipinski definition) is 1. The number of aromatic nitrogens is 2. The number of nitrogens with zero attached hydrogens (tertiary/aromatic N) is 2. The van der Waals surface area contributed by atoms with E-state index in [1.807, 2.05) is 13.8 Å². The smallest absolute Gasteiger partial charge is 0.293 e. The molecule has 0 aromatic carbocycles. The van der Waals surface area contributed by atoms with E-state index >= 15 is 0 Å². The van der Waals surface area contributed by atoms with E-state index in [9.17, 15) is 4.79 Å². The molecular formula is C11H18ClN3O. The summed E-state index contributed by atoms with van der Waals surface area (Å²) in [5, 5.41) is 3.12. The molecule has 0 aliphatic carbocycles. The number of anilines is 1. The average Bonchev–Trinajstić information content (AvgIpc) is 2.23. The van der Waals surface area contributed by atoms with Crippen molar-refractivity contribution in [3.8, 4) is 0 Å². The largest absolute Gasteiger partial charge is 0.365 e. The monoisotopic (exact) mass is 243 g/mol. The normalized spacial score (nSPS) is 12.4. The Morgan fingerprint density at radius 2 is 2.38 bits per heavy atom. The first kappa shape index (κ1) is 13.0. The lowest BCUT2D eigenvalue weighted by Gasteiger charge is -2.08. The molecule has 0 amide bonds. The molecule has 0 aliphatic heterocycles. The van der Waals surface area contributed by atoms with E-state index in [-0.39, 0.29) is 10.9 Å². The molecule has 0 saturated heterocycles. The Labute approximate surface area is 101 Å². The zero-order chi connectivity index (χ0) is 12.0. The van der Waals surface area contributed by atoms with Gasteiger partial charge in [0.05, 0.1) is 0 Å². The van der Waals surface area contributed by atoms with Gasteiger partial charge >= 0.3 is 0 Å². The quantitative estimate of drug-likeness (QED) is 0.779. The van der Waals surface area contributed by atoms with E-state index in [2.05, 4.69) is 10.3 Å². The molecule has 1 aromatic heterocycles. The molecule has 1 aromatic rings. The maximum Gasteiger partial charge on any atom is 0.293 e. The van der Waals surface area contributed by atoms with Crippen molar-refractivity contribution >= 4 is 17.4 Å². The summed E-state index contributed by atoms with van der Waals surface area (Å²) < 4.78 is 1.67. The predicted molar refractivity (Wildman–Crippen MR) is 67.2 cm³/mol. The van der Waals surface area contributed by atoms with Crippen LogP contribution in [0.5, 0.6) is 0 Å². The van der Waals surface area contributed by atoms with Crippen LogP contribution in [0.3, 0.4) is 0 Å². The highest BCUT2D eigenvalue weighted by Crippen LogP contribution is 2.00. The Balaban J connectivity index is 2.66. The second-order valence-electron chi connectivity index (χ2n) is 3.77.